The summed E-state index contributed by atoms with van der Waals surface area (Å²) in [7, 11) is 3.49. The maximum absolute atomic E-state index is 11.5. The van der Waals surface area contributed by atoms with E-state index in [1.807, 2.05) is 26.4 Å². The van der Waals surface area contributed by atoms with E-state index < -0.39 is 0 Å². The summed E-state index contributed by atoms with van der Waals surface area (Å²) in [6.45, 7) is 3.72. The Morgan fingerprint density at radius 1 is 1.59 bits per heavy atom. The van der Waals surface area contributed by atoms with Crippen molar-refractivity contribution < 1.29 is 9.53 Å². The number of methoxy groups -OCH3 is 1. The van der Waals surface area contributed by atoms with Crippen molar-refractivity contribution >= 4 is 5.97 Å². The Kier molecular flexibility index (Phi) is 5.77. The molecule has 0 aromatic carbocycles. The second kappa shape index (κ2) is 7.12. The third-order valence-corrected chi connectivity index (χ3v) is 3.00. The summed E-state index contributed by atoms with van der Waals surface area (Å²) in [5.41, 5.74) is 1.29. The van der Waals surface area contributed by atoms with Gasteiger partial charge in [-0.15, -0.1) is 0 Å². The number of carbonyl (C=O) groups excluding carboxylic acids is 1. The van der Waals surface area contributed by atoms with Crippen LogP contribution in [0.15, 0.2) is 18.5 Å². The monoisotopic (exact) mass is 238 g/mol. The minimum absolute atomic E-state index is 0.0174. The molecule has 1 atom stereocenters. The molecule has 1 rings (SSSR count). The summed E-state index contributed by atoms with van der Waals surface area (Å²) in [4.78, 5) is 16.7. The van der Waals surface area contributed by atoms with Crippen LogP contribution < -0.4 is 0 Å². The van der Waals surface area contributed by atoms with Crippen molar-refractivity contribution in [2.75, 3.05) is 27.2 Å². The van der Waals surface area contributed by atoms with E-state index in [-0.39, 0.29) is 11.9 Å². The van der Waals surface area contributed by atoms with Gasteiger partial charge in [-0.1, -0.05) is 6.92 Å². The highest BCUT2D eigenvalue weighted by atomic mass is 16.5. The molecule has 4 nitrogen and oxygen atoms in total. The van der Waals surface area contributed by atoms with Gasteiger partial charge in [-0.2, -0.15) is 0 Å². The van der Waals surface area contributed by atoms with Crippen molar-refractivity contribution in [1.82, 2.24) is 9.88 Å². The highest BCUT2D eigenvalue weighted by Gasteiger charge is 2.18. The Bertz CT molecular complexity index is 322. The van der Waals surface area contributed by atoms with Gasteiger partial charge in [-0.3, -0.25) is 4.79 Å². The molecular weight excluding hydrogens is 216 g/mol. The number of hydrogen-bond donors (Lipinski definition) is 1. The van der Waals surface area contributed by atoms with Crippen LogP contribution in [-0.2, 0) is 16.0 Å². The van der Waals surface area contributed by atoms with Crippen LogP contribution in [0.3, 0.4) is 0 Å². The highest BCUT2D eigenvalue weighted by molar-refractivity contribution is 5.72. The van der Waals surface area contributed by atoms with Crippen LogP contribution in [0.1, 0.15) is 18.9 Å². The van der Waals surface area contributed by atoms with Crippen LogP contribution in [0, 0.1) is 5.92 Å². The summed E-state index contributed by atoms with van der Waals surface area (Å²) in [6.07, 6.45) is 5.75. The minimum Gasteiger partial charge on any atom is -0.469 e. The fourth-order valence-electron chi connectivity index (χ4n) is 1.84. The maximum Gasteiger partial charge on any atom is 0.309 e. The quantitative estimate of drug-likeness (QED) is 0.735. The zero-order chi connectivity index (χ0) is 12.7. The zero-order valence-electron chi connectivity index (χ0n) is 10.9. The lowest BCUT2D eigenvalue weighted by Crippen LogP contribution is -2.32. The molecule has 0 aliphatic rings. The Morgan fingerprint density at radius 3 is 2.88 bits per heavy atom. The third-order valence-electron chi connectivity index (χ3n) is 3.00. The van der Waals surface area contributed by atoms with Gasteiger partial charge in [0.2, 0.25) is 0 Å². The molecule has 0 amide bonds. The smallest absolute Gasteiger partial charge is 0.309 e. The van der Waals surface area contributed by atoms with Crippen molar-refractivity contribution in [3.63, 3.8) is 0 Å². The molecule has 1 aromatic heterocycles. The number of aromatic nitrogens is 1. The normalized spacial score (nSPS) is 12.7. The lowest BCUT2D eigenvalue weighted by molar-refractivity contribution is -0.146. The average Bonchev–Trinajstić information content (AvgIpc) is 2.85. The number of carbonyl (C=O) groups is 1. The first-order valence-electron chi connectivity index (χ1n) is 6.05. The predicted octanol–water partition coefficient (Wildman–Crippen LogP) is 1.69. The summed E-state index contributed by atoms with van der Waals surface area (Å²) < 4.78 is 4.78. The number of aromatic amines is 1. The van der Waals surface area contributed by atoms with Gasteiger partial charge >= 0.3 is 5.97 Å². The van der Waals surface area contributed by atoms with E-state index in [2.05, 4.69) is 16.0 Å². The van der Waals surface area contributed by atoms with Crippen LogP contribution in [0.4, 0.5) is 0 Å². The number of rotatable bonds is 7. The largest absolute Gasteiger partial charge is 0.469 e. The molecule has 1 N–H and O–H groups in total. The van der Waals surface area contributed by atoms with Gasteiger partial charge in [0.25, 0.3) is 0 Å². The number of esters is 1. The fraction of sp³-hybridized carbons (Fsp3) is 0.615. The van der Waals surface area contributed by atoms with Crippen LogP contribution in [0.25, 0.3) is 0 Å². The molecule has 0 saturated carbocycles. The molecule has 0 saturated heterocycles. The summed E-state index contributed by atoms with van der Waals surface area (Å²) in [5, 5.41) is 0. The predicted molar refractivity (Wildman–Crippen MR) is 67.8 cm³/mol. The van der Waals surface area contributed by atoms with Crippen LogP contribution in [0.2, 0.25) is 0 Å². The van der Waals surface area contributed by atoms with E-state index in [0.717, 1.165) is 25.9 Å². The summed E-state index contributed by atoms with van der Waals surface area (Å²) in [6, 6.07) is 2.07. The van der Waals surface area contributed by atoms with Crippen LogP contribution in [-0.4, -0.2) is 43.1 Å². The highest BCUT2D eigenvalue weighted by Crippen LogP contribution is 2.07. The molecule has 0 bridgehead atoms. The van der Waals surface area contributed by atoms with E-state index in [9.17, 15) is 4.79 Å². The zero-order valence-corrected chi connectivity index (χ0v) is 10.9. The van der Waals surface area contributed by atoms with E-state index in [1.165, 1.54) is 12.7 Å². The Morgan fingerprint density at radius 2 is 2.35 bits per heavy atom. The number of H-pyrrole nitrogens is 1. The molecule has 1 unspecified atom stereocenters. The average molecular weight is 238 g/mol. The first-order valence-corrected chi connectivity index (χ1v) is 6.05. The molecule has 17 heavy (non-hydrogen) atoms. The van der Waals surface area contributed by atoms with Crippen LogP contribution in [0.5, 0.6) is 0 Å². The lowest BCUT2D eigenvalue weighted by atomic mass is 10.1. The number of nitrogens with zero attached hydrogens (tertiary/aromatic N) is 1. The van der Waals surface area contributed by atoms with Gasteiger partial charge in [-0.25, -0.2) is 0 Å². The van der Waals surface area contributed by atoms with Crippen LogP contribution >= 0.6 is 0 Å². The van der Waals surface area contributed by atoms with Crippen molar-refractivity contribution in [2.24, 2.45) is 5.92 Å². The van der Waals surface area contributed by atoms with E-state index in [4.69, 9.17) is 4.74 Å². The number of likely N-dealkylation sites (N-methyl/N-ethyl adjacent to an activating group) is 1. The van der Waals surface area contributed by atoms with E-state index in [1.54, 1.807) is 0 Å². The first kappa shape index (κ1) is 13.8. The first-order chi connectivity index (χ1) is 8.17. The van der Waals surface area contributed by atoms with Crippen molar-refractivity contribution in [3.8, 4) is 0 Å². The van der Waals surface area contributed by atoms with Gasteiger partial charge < -0.3 is 14.6 Å². The minimum atomic E-state index is -0.110. The van der Waals surface area contributed by atoms with Gasteiger partial charge in [0.05, 0.1) is 13.0 Å². The van der Waals surface area contributed by atoms with Gasteiger partial charge in [0.1, 0.15) is 0 Å². The van der Waals surface area contributed by atoms with Crippen molar-refractivity contribution in [2.45, 2.75) is 19.8 Å². The Labute approximate surface area is 103 Å². The number of hydrogen-bond acceptors (Lipinski definition) is 3. The molecule has 0 aliphatic carbocycles. The molecule has 96 valence electrons. The lowest BCUT2D eigenvalue weighted by Gasteiger charge is -2.21. The second-order valence-electron chi connectivity index (χ2n) is 4.36. The maximum atomic E-state index is 11.5. The number of ether oxygens (including phenoxy) is 1. The SMILES string of the molecule is CCC(CN(C)CCc1cc[nH]c1)C(=O)OC. The molecule has 0 aliphatic heterocycles. The fourth-order valence-corrected chi connectivity index (χ4v) is 1.84. The molecule has 0 spiro atoms. The van der Waals surface area contributed by atoms with Gasteiger partial charge in [0.15, 0.2) is 0 Å². The third kappa shape index (κ3) is 4.61. The second-order valence-corrected chi connectivity index (χ2v) is 4.36. The molecule has 0 radical (unpaired) electrons. The summed E-state index contributed by atoms with van der Waals surface area (Å²) in [5.74, 6) is -0.128. The Hall–Kier alpha value is -1.29. The van der Waals surface area contributed by atoms with Crippen molar-refractivity contribution in [3.05, 3.63) is 24.0 Å². The van der Waals surface area contributed by atoms with E-state index in [0.29, 0.717) is 0 Å². The number of nitrogens with one attached hydrogen (secondary N) is 1. The Balaban J connectivity index is 2.32. The van der Waals surface area contributed by atoms with Crippen molar-refractivity contribution in [1.29, 1.82) is 0 Å². The molecular formula is C13H22N2O2. The molecule has 0 fully saturated rings. The van der Waals surface area contributed by atoms with Gasteiger partial charge in [-0.05, 0) is 31.5 Å². The molecule has 4 heteroatoms. The summed E-state index contributed by atoms with van der Waals surface area (Å²) >= 11 is 0. The molecule has 1 aromatic rings. The van der Waals surface area contributed by atoms with E-state index >= 15 is 0 Å². The topological polar surface area (TPSA) is 45.3 Å². The van der Waals surface area contributed by atoms with Gasteiger partial charge in [0, 0.05) is 25.5 Å². The standard InChI is InChI=1S/C13H22N2O2/c1-4-12(13(16)17-3)10-15(2)8-6-11-5-7-14-9-11/h5,7,9,12,14H,4,6,8,10H2,1-3H3. The molecule has 1 heterocycles.